The van der Waals surface area contributed by atoms with Gasteiger partial charge >= 0.3 is 15.5 Å². The Morgan fingerprint density at radius 3 is 2.00 bits per heavy atom. The number of alkyl halides is 3. The highest BCUT2D eigenvalue weighted by Crippen LogP contribution is 2.51. The fraction of sp³-hybridized carbons (Fsp3) is 0.543. The number of anilines is 3. The maximum absolute atomic E-state index is 14.2. The number of benzene rings is 2. The van der Waals surface area contributed by atoms with Gasteiger partial charge in [-0.15, -0.1) is 0 Å². The van der Waals surface area contributed by atoms with Crippen molar-refractivity contribution in [3.05, 3.63) is 57.3 Å². The van der Waals surface area contributed by atoms with Crippen molar-refractivity contribution in [2.75, 3.05) is 27.2 Å². The number of hydrogen-bond acceptors (Lipinski definition) is 7. The molecule has 0 saturated heterocycles. The number of ketones is 1. The Hall–Kier alpha value is -3.59. The van der Waals surface area contributed by atoms with Crippen LogP contribution in [0.15, 0.2) is 30.0 Å². The van der Waals surface area contributed by atoms with Crippen molar-refractivity contribution in [2.24, 2.45) is 0 Å². The molecule has 274 valence electrons. The highest BCUT2D eigenvalue weighted by Gasteiger charge is 2.49. The molecule has 0 amide bonds. The monoisotopic (exact) mass is 738 g/mol. The van der Waals surface area contributed by atoms with Gasteiger partial charge in [-0.3, -0.25) is 13.8 Å². The van der Waals surface area contributed by atoms with E-state index in [9.17, 15) is 39.9 Å². The molecule has 1 aliphatic carbocycles. The number of halogens is 3. The van der Waals surface area contributed by atoms with Gasteiger partial charge in [0.1, 0.15) is 6.04 Å². The number of carbonyl (C=O) groups excluding carboxylic acids is 1. The topological polar surface area (TPSA) is 130 Å². The first-order chi connectivity index (χ1) is 22.6. The molecular formula is C35H45F3N4O6S2. The molecule has 0 spiro atoms. The second-order valence-electron chi connectivity index (χ2n) is 15.3. The number of nitrogens with zero attached hydrogens (tertiary/aromatic N) is 3. The van der Waals surface area contributed by atoms with Crippen molar-refractivity contribution in [3.63, 3.8) is 0 Å². The van der Waals surface area contributed by atoms with E-state index in [4.69, 9.17) is 0 Å². The van der Waals surface area contributed by atoms with Gasteiger partial charge in [-0.2, -0.15) is 21.6 Å². The third-order valence-electron chi connectivity index (χ3n) is 11.1. The van der Waals surface area contributed by atoms with Crippen molar-refractivity contribution >= 4 is 54.0 Å². The summed E-state index contributed by atoms with van der Waals surface area (Å²) in [7, 11) is -8.52. The summed E-state index contributed by atoms with van der Waals surface area (Å²) < 4.78 is 96.4. The number of nitrogens with one attached hydrogen (secondary N) is 1. The molecule has 2 aromatic rings. The van der Waals surface area contributed by atoms with E-state index in [0.717, 1.165) is 21.5 Å². The number of hydrogen-bond donors (Lipinski definition) is 1. The molecule has 0 saturated carbocycles. The summed E-state index contributed by atoms with van der Waals surface area (Å²) >= 11 is 0. The number of allylic oxidation sites excluding steroid dienone is 2. The van der Waals surface area contributed by atoms with E-state index in [0.29, 0.717) is 11.3 Å². The van der Waals surface area contributed by atoms with Crippen LogP contribution in [0.5, 0.6) is 0 Å². The van der Waals surface area contributed by atoms with Crippen LogP contribution in [0.3, 0.4) is 0 Å². The highest BCUT2D eigenvalue weighted by molar-refractivity contribution is 7.93. The lowest BCUT2D eigenvalue weighted by molar-refractivity contribution is -0.292. The SMILES string of the molecule is CC(C)N1c2cc(NS(=O)(=O)C(F)(F)F)c(C3=C([O-])/C(=c4/cc5c(cc4N(C)S(C)(=O)=O)=[N+](C(C)C)C(C)C5(C)C)C3=O)cc2C(C)(C)C1C. The van der Waals surface area contributed by atoms with Crippen molar-refractivity contribution in [1.82, 2.24) is 4.58 Å². The number of sulfonamides is 2. The van der Waals surface area contributed by atoms with E-state index < -0.39 is 59.2 Å². The zero-order valence-corrected chi connectivity index (χ0v) is 32.0. The van der Waals surface area contributed by atoms with E-state index in [2.05, 4.69) is 4.58 Å². The number of carbonyl (C=O) groups is 1. The summed E-state index contributed by atoms with van der Waals surface area (Å²) in [6.45, 7) is 19.7. The molecule has 0 fully saturated rings. The zero-order valence-electron chi connectivity index (χ0n) is 30.4. The fourth-order valence-corrected chi connectivity index (χ4v) is 8.74. The Labute approximate surface area is 292 Å². The van der Waals surface area contributed by atoms with E-state index in [1.54, 1.807) is 16.9 Å². The van der Waals surface area contributed by atoms with E-state index >= 15 is 0 Å². The maximum Gasteiger partial charge on any atom is 0.516 e. The van der Waals surface area contributed by atoms with Crippen LogP contribution in [0.4, 0.5) is 30.2 Å². The lowest BCUT2D eigenvalue weighted by atomic mass is 9.76. The third kappa shape index (κ3) is 5.41. The van der Waals surface area contributed by atoms with Crippen LogP contribution < -0.4 is 34.2 Å². The van der Waals surface area contributed by atoms with Gasteiger partial charge in [-0.25, -0.2) is 13.0 Å². The standard InChI is InChI=1S/C35H45F3N4O6S2/c1-17(2)41-19(5)33(7,8)23-13-21(25(15-27(23)41)39-50(47,48)35(36,37)38)29-31(43)30(32(29)44)22-14-24-28(16-26(22)40(11)49(12,45)46)42(18(3)4)20(6)34(24,9)10/h13-20H,1-12H3,(H,43,44). The van der Waals surface area contributed by atoms with Crippen molar-refractivity contribution in [3.8, 4) is 0 Å². The third-order valence-corrected chi connectivity index (χ3v) is 13.4. The smallest absolute Gasteiger partial charge is 0.516 e. The molecule has 15 heteroatoms. The van der Waals surface area contributed by atoms with Gasteiger partial charge in [0.25, 0.3) is 0 Å². The van der Waals surface area contributed by atoms with Gasteiger partial charge in [0.15, 0.2) is 11.8 Å². The average Bonchev–Trinajstić information content (AvgIpc) is 3.28. The lowest BCUT2D eigenvalue weighted by Gasteiger charge is -2.34. The van der Waals surface area contributed by atoms with Crippen LogP contribution in [0.1, 0.15) is 85.9 Å². The largest absolute Gasteiger partial charge is 0.871 e. The molecule has 1 N–H and O–H groups in total. The zero-order chi connectivity index (χ0) is 38.0. The maximum atomic E-state index is 14.2. The Bertz CT molecular complexity index is 2220. The molecule has 5 rings (SSSR count). The summed E-state index contributed by atoms with van der Waals surface area (Å²) in [5.41, 5.74) is -6.42. The van der Waals surface area contributed by atoms with Crippen molar-refractivity contribution < 1.29 is 39.9 Å². The first-order valence-corrected chi connectivity index (χ1v) is 19.7. The van der Waals surface area contributed by atoms with Crippen LogP contribution in [0.2, 0.25) is 0 Å². The first-order valence-electron chi connectivity index (χ1n) is 16.4. The second kappa shape index (κ2) is 11.5. The molecule has 2 unspecified atom stereocenters. The number of rotatable bonds is 7. The van der Waals surface area contributed by atoms with Gasteiger partial charge in [0.2, 0.25) is 15.4 Å². The minimum atomic E-state index is -5.95. The molecular weight excluding hydrogens is 694 g/mol. The van der Waals surface area contributed by atoms with E-state index in [1.165, 1.54) is 19.2 Å². The Kier molecular flexibility index (Phi) is 8.63. The van der Waals surface area contributed by atoms with Gasteiger partial charge in [0.05, 0.1) is 23.0 Å². The molecule has 2 aliphatic heterocycles. The Morgan fingerprint density at radius 2 is 1.52 bits per heavy atom. The molecule has 50 heavy (non-hydrogen) atoms. The number of fused-ring (bicyclic) bond motifs is 2. The highest BCUT2D eigenvalue weighted by atomic mass is 32.2. The number of Topliss-reactive ketones (excluding diaryl/α,β-unsaturated/α-hetero) is 1. The molecule has 2 heterocycles. The van der Waals surface area contributed by atoms with Gasteiger partial charge < -0.3 is 10.0 Å². The van der Waals surface area contributed by atoms with Gasteiger partial charge in [-0.05, 0) is 79.2 Å². The normalized spacial score (nSPS) is 22.7. The molecule has 2 aromatic carbocycles. The fourth-order valence-electron chi connectivity index (χ4n) is 7.65. The van der Waals surface area contributed by atoms with Crippen LogP contribution >= 0.6 is 0 Å². The molecule has 0 radical (unpaired) electrons. The van der Waals surface area contributed by atoms with Crippen molar-refractivity contribution in [2.45, 2.75) is 110 Å². The van der Waals surface area contributed by atoms with Crippen LogP contribution in [-0.2, 0) is 35.7 Å². The van der Waals surface area contributed by atoms with E-state index in [1.807, 2.05) is 74.1 Å². The Balaban J connectivity index is 1.89. The minimum absolute atomic E-state index is 0.0316. The first kappa shape index (κ1) is 37.7. The van der Waals surface area contributed by atoms with Crippen LogP contribution in [0.25, 0.3) is 11.1 Å². The predicted molar refractivity (Wildman–Crippen MR) is 188 cm³/mol. The molecule has 0 aromatic heterocycles. The van der Waals surface area contributed by atoms with Crippen molar-refractivity contribution in [1.29, 1.82) is 0 Å². The Morgan fingerprint density at radius 1 is 0.940 bits per heavy atom. The molecule has 3 aliphatic rings. The van der Waals surface area contributed by atoms with Gasteiger partial charge in [0, 0.05) is 63.8 Å². The summed E-state index contributed by atoms with van der Waals surface area (Å²) in [6.07, 6.45) is 0.996. The van der Waals surface area contributed by atoms with E-state index in [-0.39, 0.29) is 46.2 Å². The summed E-state index contributed by atoms with van der Waals surface area (Å²) in [5, 5.41) is 15.0. The molecule has 2 atom stereocenters. The predicted octanol–water partition coefficient (Wildman–Crippen LogP) is 3.32. The van der Waals surface area contributed by atoms with Crippen LogP contribution in [0, 0.1) is 0 Å². The quantitative estimate of drug-likeness (QED) is 0.432. The summed E-state index contributed by atoms with van der Waals surface area (Å²) in [4.78, 5) is 16.2. The molecule has 10 nitrogen and oxygen atoms in total. The second-order valence-corrected chi connectivity index (χ2v) is 19.0. The summed E-state index contributed by atoms with van der Waals surface area (Å²) in [6, 6.07) is 5.72. The minimum Gasteiger partial charge on any atom is -0.871 e. The average molecular weight is 739 g/mol. The molecule has 0 bridgehead atoms. The summed E-state index contributed by atoms with van der Waals surface area (Å²) in [5.74, 6) is -1.67. The lowest BCUT2D eigenvalue weighted by Crippen LogP contribution is -2.42. The van der Waals surface area contributed by atoms with Gasteiger partial charge in [-0.1, -0.05) is 19.6 Å². The van der Waals surface area contributed by atoms with Crippen LogP contribution in [-0.4, -0.2) is 65.6 Å².